The highest BCUT2D eigenvalue weighted by molar-refractivity contribution is 8.00. The van der Waals surface area contributed by atoms with Gasteiger partial charge in [0.2, 0.25) is 11.9 Å². The van der Waals surface area contributed by atoms with Crippen LogP contribution in [-0.4, -0.2) is 45.6 Å². The van der Waals surface area contributed by atoms with Gasteiger partial charge in [-0.3, -0.25) is 9.36 Å². The molecule has 1 N–H and O–H groups in total. The Labute approximate surface area is 165 Å². The van der Waals surface area contributed by atoms with Crippen LogP contribution in [0.1, 0.15) is 45.1 Å². The van der Waals surface area contributed by atoms with E-state index in [2.05, 4.69) is 63.1 Å². The van der Waals surface area contributed by atoms with Crippen molar-refractivity contribution >= 4 is 23.6 Å². The predicted octanol–water partition coefficient (Wildman–Crippen LogP) is 3.57. The second-order valence-corrected chi connectivity index (χ2v) is 8.36. The van der Waals surface area contributed by atoms with Crippen molar-refractivity contribution in [1.29, 1.82) is 0 Å². The van der Waals surface area contributed by atoms with Crippen LogP contribution in [0.2, 0.25) is 0 Å². The molecular formula is C20H29N5OS. The number of hydrogen-bond donors (Lipinski definition) is 1. The van der Waals surface area contributed by atoms with Gasteiger partial charge in [-0.1, -0.05) is 36.4 Å². The fourth-order valence-electron chi connectivity index (χ4n) is 3.16. The Morgan fingerprint density at radius 2 is 1.89 bits per heavy atom. The zero-order chi connectivity index (χ0) is 19.2. The van der Waals surface area contributed by atoms with Crippen LogP contribution in [0.4, 0.5) is 5.95 Å². The molecule has 3 rings (SSSR count). The molecule has 0 spiro atoms. The number of nitrogens with one attached hydrogen (secondary N) is 1. The number of aromatic nitrogens is 3. The van der Waals surface area contributed by atoms with Crippen LogP contribution >= 0.6 is 11.8 Å². The lowest BCUT2D eigenvalue weighted by Crippen LogP contribution is -2.32. The van der Waals surface area contributed by atoms with Crippen LogP contribution < -0.4 is 10.2 Å². The molecule has 2 aromatic rings. The zero-order valence-electron chi connectivity index (χ0n) is 16.4. The number of thioether (sulfide) groups is 1. The summed E-state index contributed by atoms with van der Waals surface area (Å²) in [4.78, 5) is 14.6. The first-order valence-electron chi connectivity index (χ1n) is 9.82. The van der Waals surface area contributed by atoms with Crippen molar-refractivity contribution in [2.75, 3.05) is 24.5 Å². The second kappa shape index (κ2) is 9.26. The summed E-state index contributed by atoms with van der Waals surface area (Å²) in [5.41, 5.74) is 2.25. The molecule has 1 aromatic carbocycles. The van der Waals surface area contributed by atoms with E-state index in [9.17, 15) is 4.79 Å². The molecule has 146 valence electrons. The minimum Gasteiger partial charge on any atom is -0.355 e. The first kappa shape index (κ1) is 19.7. The molecule has 1 aliphatic heterocycles. The normalized spacial score (nSPS) is 15.6. The number of carbonyl (C=O) groups is 1. The van der Waals surface area contributed by atoms with E-state index in [4.69, 9.17) is 0 Å². The number of nitrogens with zero attached hydrogens (tertiary/aromatic N) is 4. The van der Waals surface area contributed by atoms with Gasteiger partial charge in [0.15, 0.2) is 5.16 Å². The molecule has 0 saturated carbocycles. The Balaban J connectivity index is 1.90. The maximum Gasteiger partial charge on any atom is 0.233 e. The van der Waals surface area contributed by atoms with E-state index in [1.165, 1.54) is 36.6 Å². The molecule has 1 amide bonds. The average molecular weight is 388 g/mol. The van der Waals surface area contributed by atoms with E-state index in [0.717, 1.165) is 36.3 Å². The van der Waals surface area contributed by atoms with Crippen LogP contribution in [0.3, 0.4) is 0 Å². The topological polar surface area (TPSA) is 63.1 Å². The van der Waals surface area contributed by atoms with Gasteiger partial charge < -0.3 is 10.2 Å². The zero-order valence-corrected chi connectivity index (χ0v) is 17.3. The van der Waals surface area contributed by atoms with Crippen molar-refractivity contribution in [3.05, 3.63) is 29.8 Å². The molecule has 0 bridgehead atoms. The SMILES string of the molecule is CCCNC(=O)[C@H](C)Sc1nnc(N2CCCCC2)n1-c1ccc(C)cc1. The summed E-state index contributed by atoms with van der Waals surface area (Å²) < 4.78 is 2.10. The minimum absolute atomic E-state index is 0.0415. The van der Waals surface area contributed by atoms with Crippen molar-refractivity contribution in [2.24, 2.45) is 0 Å². The standard InChI is InChI=1S/C20H29N5OS/c1-4-12-21-18(26)16(3)27-20-23-22-19(24-13-6-5-7-14-24)25(20)17-10-8-15(2)9-11-17/h8-11,16H,4-7,12-14H2,1-3H3,(H,21,26)/t16-/m0/s1. The van der Waals surface area contributed by atoms with E-state index in [1.54, 1.807) is 0 Å². The third kappa shape index (κ3) is 4.83. The highest BCUT2D eigenvalue weighted by Crippen LogP contribution is 2.30. The highest BCUT2D eigenvalue weighted by Gasteiger charge is 2.24. The Morgan fingerprint density at radius 3 is 2.56 bits per heavy atom. The molecule has 0 radical (unpaired) electrons. The fraction of sp³-hybridized carbons (Fsp3) is 0.550. The second-order valence-electron chi connectivity index (χ2n) is 7.05. The van der Waals surface area contributed by atoms with Crippen molar-refractivity contribution < 1.29 is 4.79 Å². The summed E-state index contributed by atoms with van der Waals surface area (Å²) in [6.07, 6.45) is 4.56. The Kier molecular flexibility index (Phi) is 6.77. The molecule has 6 nitrogen and oxygen atoms in total. The van der Waals surface area contributed by atoms with Gasteiger partial charge in [-0.25, -0.2) is 0 Å². The van der Waals surface area contributed by atoms with Crippen LogP contribution in [0.25, 0.3) is 5.69 Å². The number of hydrogen-bond acceptors (Lipinski definition) is 5. The van der Waals surface area contributed by atoms with Crippen molar-refractivity contribution in [1.82, 2.24) is 20.1 Å². The van der Waals surface area contributed by atoms with E-state index < -0.39 is 0 Å². The Bertz CT molecular complexity index is 752. The lowest BCUT2D eigenvalue weighted by atomic mass is 10.1. The van der Waals surface area contributed by atoms with Gasteiger partial charge in [-0.2, -0.15) is 0 Å². The number of amides is 1. The molecule has 1 atom stereocenters. The number of aryl methyl sites for hydroxylation is 1. The van der Waals surface area contributed by atoms with Gasteiger partial charge in [0.1, 0.15) is 0 Å². The first-order chi connectivity index (χ1) is 13.1. The van der Waals surface area contributed by atoms with Crippen LogP contribution in [0.5, 0.6) is 0 Å². The van der Waals surface area contributed by atoms with Crippen LogP contribution in [0.15, 0.2) is 29.4 Å². The smallest absolute Gasteiger partial charge is 0.233 e. The lowest BCUT2D eigenvalue weighted by molar-refractivity contribution is -0.120. The van der Waals surface area contributed by atoms with Crippen molar-refractivity contribution in [3.63, 3.8) is 0 Å². The molecule has 27 heavy (non-hydrogen) atoms. The first-order valence-corrected chi connectivity index (χ1v) is 10.7. The van der Waals surface area contributed by atoms with E-state index in [1.807, 2.05) is 6.92 Å². The minimum atomic E-state index is -0.223. The van der Waals surface area contributed by atoms with Gasteiger partial charge in [-0.05, 0) is 51.7 Å². The predicted molar refractivity (Wildman–Crippen MR) is 111 cm³/mol. The lowest BCUT2D eigenvalue weighted by Gasteiger charge is -2.28. The molecule has 1 fully saturated rings. The number of piperidine rings is 1. The van der Waals surface area contributed by atoms with E-state index >= 15 is 0 Å². The van der Waals surface area contributed by atoms with Crippen molar-refractivity contribution in [3.8, 4) is 5.69 Å². The third-order valence-electron chi connectivity index (χ3n) is 4.75. The molecule has 0 unspecified atom stereocenters. The molecule has 2 heterocycles. The van der Waals surface area contributed by atoms with Gasteiger partial charge in [0.25, 0.3) is 0 Å². The molecule has 1 aliphatic rings. The maximum absolute atomic E-state index is 12.3. The molecule has 1 aromatic heterocycles. The number of anilines is 1. The molecular weight excluding hydrogens is 358 g/mol. The van der Waals surface area contributed by atoms with Gasteiger partial charge in [-0.15, -0.1) is 10.2 Å². The summed E-state index contributed by atoms with van der Waals surface area (Å²) in [6, 6.07) is 8.39. The summed E-state index contributed by atoms with van der Waals surface area (Å²) in [5, 5.41) is 12.4. The highest BCUT2D eigenvalue weighted by atomic mass is 32.2. The number of carbonyl (C=O) groups excluding carboxylic acids is 1. The molecule has 1 saturated heterocycles. The van der Waals surface area contributed by atoms with Crippen LogP contribution in [0, 0.1) is 6.92 Å². The van der Waals surface area contributed by atoms with Crippen molar-refractivity contribution in [2.45, 2.75) is 56.9 Å². The summed E-state index contributed by atoms with van der Waals surface area (Å²) in [5.74, 6) is 0.919. The third-order valence-corrected chi connectivity index (χ3v) is 5.79. The van der Waals surface area contributed by atoms with E-state index in [-0.39, 0.29) is 11.2 Å². The Hall–Kier alpha value is -2.02. The quantitative estimate of drug-likeness (QED) is 0.736. The summed E-state index contributed by atoms with van der Waals surface area (Å²) in [6.45, 7) is 8.76. The molecule has 7 heteroatoms. The molecule has 0 aliphatic carbocycles. The largest absolute Gasteiger partial charge is 0.355 e. The average Bonchev–Trinajstić information content (AvgIpc) is 3.10. The van der Waals surface area contributed by atoms with Gasteiger partial charge in [0, 0.05) is 19.6 Å². The number of benzene rings is 1. The van der Waals surface area contributed by atoms with E-state index in [0.29, 0.717) is 6.54 Å². The maximum atomic E-state index is 12.3. The Morgan fingerprint density at radius 1 is 1.19 bits per heavy atom. The van der Waals surface area contributed by atoms with Gasteiger partial charge >= 0.3 is 0 Å². The monoisotopic (exact) mass is 387 g/mol. The number of rotatable bonds is 7. The fourth-order valence-corrected chi connectivity index (χ4v) is 4.05. The van der Waals surface area contributed by atoms with Gasteiger partial charge in [0.05, 0.1) is 10.9 Å². The van der Waals surface area contributed by atoms with Crippen LogP contribution in [-0.2, 0) is 4.79 Å². The summed E-state index contributed by atoms with van der Waals surface area (Å²) >= 11 is 1.46. The summed E-state index contributed by atoms with van der Waals surface area (Å²) in [7, 11) is 0.